The molecule has 14 heavy (non-hydrogen) atoms. The van der Waals surface area contributed by atoms with E-state index in [1.807, 2.05) is 20.8 Å². The summed E-state index contributed by atoms with van der Waals surface area (Å²) in [5.74, 6) is 0. The minimum atomic E-state index is -0.578. The first kappa shape index (κ1) is 10.0. The second kappa shape index (κ2) is 2.98. The fourth-order valence-corrected chi connectivity index (χ4v) is 2.40. The maximum atomic E-state index is 10.1. The van der Waals surface area contributed by atoms with Crippen LogP contribution in [0.5, 0.6) is 0 Å². The summed E-state index contributed by atoms with van der Waals surface area (Å²) in [6.45, 7) is 6.04. The number of benzene rings is 1. The van der Waals surface area contributed by atoms with Crippen molar-refractivity contribution in [2.75, 3.05) is 0 Å². The van der Waals surface area contributed by atoms with Gasteiger partial charge in [-0.25, -0.2) is 0 Å². The molecule has 1 saturated carbocycles. The van der Waals surface area contributed by atoms with Crippen LogP contribution in [0, 0.1) is 20.8 Å². The number of aliphatic hydroxyl groups is 1. The van der Waals surface area contributed by atoms with E-state index < -0.39 is 5.60 Å². The maximum absolute atomic E-state index is 10.1. The highest BCUT2D eigenvalue weighted by atomic mass is 35.5. The van der Waals surface area contributed by atoms with Crippen molar-refractivity contribution >= 4 is 11.6 Å². The summed E-state index contributed by atoms with van der Waals surface area (Å²) in [4.78, 5) is 0. The van der Waals surface area contributed by atoms with Gasteiger partial charge in [-0.15, -0.1) is 0 Å². The van der Waals surface area contributed by atoms with Crippen LogP contribution in [0.1, 0.15) is 35.1 Å². The van der Waals surface area contributed by atoms with Gasteiger partial charge in [0.1, 0.15) is 0 Å². The van der Waals surface area contributed by atoms with Crippen molar-refractivity contribution in [2.24, 2.45) is 0 Å². The second-order valence-electron chi connectivity index (χ2n) is 4.36. The van der Waals surface area contributed by atoms with Gasteiger partial charge in [-0.1, -0.05) is 17.7 Å². The van der Waals surface area contributed by atoms with E-state index in [0.717, 1.165) is 40.1 Å². The molecule has 1 nitrogen and oxygen atoms in total. The standard InChI is InChI=1S/C12H15ClO/c1-7-6-8(2)11(13)9(3)10(7)12(14)4-5-12/h6,14H,4-5H2,1-3H3. The van der Waals surface area contributed by atoms with E-state index in [9.17, 15) is 5.11 Å². The third kappa shape index (κ3) is 1.35. The monoisotopic (exact) mass is 210 g/mol. The minimum absolute atomic E-state index is 0.578. The van der Waals surface area contributed by atoms with Gasteiger partial charge < -0.3 is 5.11 Å². The molecule has 0 aliphatic heterocycles. The van der Waals surface area contributed by atoms with E-state index >= 15 is 0 Å². The number of hydrogen-bond donors (Lipinski definition) is 1. The summed E-state index contributed by atoms with van der Waals surface area (Å²) in [5.41, 5.74) is 3.77. The minimum Gasteiger partial charge on any atom is -0.385 e. The van der Waals surface area contributed by atoms with Crippen LogP contribution in [0.15, 0.2) is 6.07 Å². The van der Waals surface area contributed by atoms with Crippen molar-refractivity contribution in [2.45, 2.75) is 39.2 Å². The Morgan fingerprint density at radius 2 is 1.79 bits per heavy atom. The van der Waals surface area contributed by atoms with E-state index in [0.29, 0.717) is 0 Å². The summed E-state index contributed by atoms with van der Waals surface area (Å²) in [6, 6.07) is 2.06. The van der Waals surface area contributed by atoms with Crippen molar-refractivity contribution < 1.29 is 5.11 Å². The Bertz CT molecular complexity index is 392. The van der Waals surface area contributed by atoms with Gasteiger partial charge in [0.2, 0.25) is 0 Å². The van der Waals surface area contributed by atoms with Crippen molar-refractivity contribution in [3.05, 3.63) is 33.3 Å². The molecule has 0 bridgehead atoms. The Labute approximate surface area is 89.7 Å². The maximum Gasteiger partial charge on any atom is 0.0904 e. The van der Waals surface area contributed by atoms with Crippen LogP contribution in [-0.4, -0.2) is 5.11 Å². The molecule has 0 heterocycles. The van der Waals surface area contributed by atoms with Crippen LogP contribution in [0.4, 0.5) is 0 Å². The van der Waals surface area contributed by atoms with Gasteiger partial charge in [0.05, 0.1) is 5.60 Å². The van der Waals surface area contributed by atoms with Gasteiger partial charge in [0.15, 0.2) is 0 Å². The lowest BCUT2D eigenvalue weighted by Gasteiger charge is -2.18. The molecular formula is C12H15ClO. The molecular weight excluding hydrogens is 196 g/mol. The van der Waals surface area contributed by atoms with Crippen LogP contribution >= 0.6 is 11.6 Å². The Hall–Kier alpha value is -0.530. The van der Waals surface area contributed by atoms with Gasteiger partial charge in [-0.3, -0.25) is 0 Å². The molecule has 76 valence electrons. The van der Waals surface area contributed by atoms with Gasteiger partial charge >= 0.3 is 0 Å². The summed E-state index contributed by atoms with van der Waals surface area (Å²) >= 11 is 6.18. The fourth-order valence-electron chi connectivity index (χ4n) is 2.25. The van der Waals surface area contributed by atoms with Gasteiger partial charge in [-0.2, -0.15) is 0 Å². The molecule has 0 saturated heterocycles. The highest BCUT2D eigenvalue weighted by Crippen LogP contribution is 2.49. The molecule has 0 aromatic heterocycles. The molecule has 2 heteroatoms. The average molecular weight is 211 g/mol. The average Bonchev–Trinajstić information content (AvgIpc) is 2.80. The Morgan fingerprint density at radius 3 is 2.29 bits per heavy atom. The molecule has 1 aromatic carbocycles. The summed E-state index contributed by atoms with van der Waals surface area (Å²) in [6.07, 6.45) is 1.74. The number of hydrogen-bond acceptors (Lipinski definition) is 1. The van der Waals surface area contributed by atoms with Crippen molar-refractivity contribution in [1.82, 2.24) is 0 Å². The molecule has 0 radical (unpaired) electrons. The molecule has 2 rings (SSSR count). The smallest absolute Gasteiger partial charge is 0.0904 e. The first-order valence-corrected chi connectivity index (χ1v) is 5.33. The van der Waals surface area contributed by atoms with Gasteiger partial charge in [-0.05, 0) is 55.9 Å². The van der Waals surface area contributed by atoms with E-state index in [2.05, 4.69) is 6.07 Å². The molecule has 0 amide bonds. The topological polar surface area (TPSA) is 20.2 Å². The Kier molecular flexibility index (Phi) is 2.13. The molecule has 1 aliphatic rings. The van der Waals surface area contributed by atoms with Crippen molar-refractivity contribution in [3.8, 4) is 0 Å². The normalized spacial score (nSPS) is 18.4. The van der Waals surface area contributed by atoms with E-state index in [-0.39, 0.29) is 0 Å². The van der Waals surface area contributed by atoms with E-state index in [4.69, 9.17) is 11.6 Å². The second-order valence-corrected chi connectivity index (χ2v) is 4.73. The molecule has 1 aliphatic carbocycles. The SMILES string of the molecule is Cc1cc(C)c(C2(O)CC2)c(C)c1Cl. The number of rotatable bonds is 1. The lowest BCUT2D eigenvalue weighted by molar-refractivity contribution is 0.150. The third-order valence-electron chi connectivity index (χ3n) is 3.07. The summed E-state index contributed by atoms with van der Waals surface area (Å²) in [7, 11) is 0. The van der Waals surface area contributed by atoms with Gasteiger partial charge in [0.25, 0.3) is 0 Å². The zero-order valence-corrected chi connectivity index (χ0v) is 9.57. The lowest BCUT2D eigenvalue weighted by atomic mass is 9.94. The molecule has 0 spiro atoms. The predicted molar refractivity (Wildman–Crippen MR) is 58.8 cm³/mol. The first-order valence-electron chi connectivity index (χ1n) is 4.95. The summed E-state index contributed by atoms with van der Waals surface area (Å²) in [5, 5.41) is 10.9. The molecule has 1 fully saturated rings. The highest BCUT2D eigenvalue weighted by Gasteiger charge is 2.44. The summed E-state index contributed by atoms with van der Waals surface area (Å²) < 4.78 is 0. The zero-order valence-electron chi connectivity index (χ0n) is 8.82. The Balaban J connectivity index is 2.65. The highest BCUT2D eigenvalue weighted by molar-refractivity contribution is 6.32. The molecule has 0 unspecified atom stereocenters. The lowest BCUT2D eigenvalue weighted by Crippen LogP contribution is -2.10. The largest absolute Gasteiger partial charge is 0.385 e. The van der Waals surface area contributed by atoms with E-state index in [1.54, 1.807) is 0 Å². The van der Waals surface area contributed by atoms with Crippen LogP contribution in [0.25, 0.3) is 0 Å². The molecule has 1 aromatic rings. The van der Waals surface area contributed by atoms with Crippen molar-refractivity contribution in [3.63, 3.8) is 0 Å². The Morgan fingerprint density at radius 1 is 1.21 bits per heavy atom. The van der Waals surface area contributed by atoms with Crippen molar-refractivity contribution in [1.29, 1.82) is 0 Å². The van der Waals surface area contributed by atoms with Crippen LogP contribution in [0.3, 0.4) is 0 Å². The first-order chi connectivity index (χ1) is 6.46. The quantitative estimate of drug-likeness (QED) is 0.755. The fraction of sp³-hybridized carbons (Fsp3) is 0.500. The third-order valence-corrected chi connectivity index (χ3v) is 3.65. The van der Waals surface area contributed by atoms with Crippen LogP contribution in [0.2, 0.25) is 5.02 Å². The molecule has 1 N–H and O–H groups in total. The number of halogens is 1. The van der Waals surface area contributed by atoms with Crippen LogP contribution < -0.4 is 0 Å². The van der Waals surface area contributed by atoms with Gasteiger partial charge in [0, 0.05) is 5.02 Å². The predicted octanol–water partition coefficient (Wildman–Crippen LogP) is 3.25. The molecule has 0 atom stereocenters. The van der Waals surface area contributed by atoms with E-state index in [1.165, 1.54) is 0 Å². The van der Waals surface area contributed by atoms with Crippen LogP contribution in [-0.2, 0) is 5.60 Å². The zero-order chi connectivity index (χ0) is 10.5. The number of aryl methyl sites for hydroxylation is 2.